The molecule has 0 bridgehead atoms. The molecule has 0 aliphatic heterocycles. The lowest BCUT2D eigenvalue weighted by molar-refractivity contribution is 0.376. The van der Waals surface area contributed by atoms with Crippen LogP contribution in [0.5, 0.6) is 0 Å². The molecule has 0 fully saturated rings. The maximum Gasteiger partial charge on any atom is 0.163 e. The van der Waals surface area contributed by atoms with Gasteiger partial charge in [-0.1, -0.05) is 6.92 Å². The largest absolute Gasteiger partial charge is 0.369 e. The van der Waals surface area contributed by atoms with Gasteiger partial charge < -0.3 is 10.2 Å². The molecule has 104 valence electrons. The van der Waals surface area contributed by atoms with Crippen LogP contribution >= 0.6 is 0 Å². The van der Waals surface area contributed by atoms with E-state index in [0.29, 0.717) is 0 Å². The number of aromatic nitrogens is 4. The Morgan fingerprint density at radius 2 is 2.11 bits per heavy atom. The predicted octanol–water partition coefficient (Wildman–Crippen LogP) is 1.52. The van der Waals surface area contributed by atoms with Gasteiger partial charge in [-0.3, -0.25) is 0 Å². The highest BCUT2D eigenvalue weighted by atomic mass is 15.3. The van der Waals surface area contributed by atoms with Crippen molar-refractivity contribution in [2.75, 3.05) is 32.5 Å². The highest BCUT2D eigenvalue weighted by molar-refractivity contribution is 5.86. The molecule has 0 amide bonds. The van der Waals surface area contributed by atoms with E-state index in [4.69, 9.17) is 0 Å². The third kappa shape index (κ3) is 3.20. The first-order valence-electron chi connectivity index (χ1n) is 6.70. The molecule has 0 radical (unpaired) electrons. The van der Waals surface area contributed by atoms with Gasteiger partial charge in [0.2, 0.25) is 0 Å². The van der Waals surface area contributed by atoms with Crippen molar-refractivity contribution in [3.8, 4) is 0 Å². The van der Waals surface area contributed by atoms with Crippen LogP contribution in [0.15, 0.2) is 6.20 Å². The Labute approximate surface area is 113 Å². The SMILES string of the molecule is CCCNc1nc(C)nc2c1cnn2CCN(C)C. The summed E-state index contributed by atoms with van der Waals surface area (Å²) in [5.74, 6) is 1.66. The third-order valence-corrected chi connectivity index (χ3v) is 2.91. The van der Waals surface area contributed by atoms with Crippen molar-refractivity contribution < 1.29 is 0 Å². The fourth-order valence-electron chi connectivity index (χ4n) is 1.90. The molecule has 1 N–H and O–H groups in total. The molecule has 2 aromatic heterocycles. The molecule has 0 aliphatic carbocycles. The van der Waals surface area contributed by atoms with Gasteiger partial charge in [0.15, 0.2) is 5.65 Å². The minimum atomic E-state index is 0.776. The van der Waals surface area contributed by atoms with E-state index in [1.165, 1.54) is 0 Å². The molecule has 19 heavy (non-hydrogen) atoms. The maximum atomic E-state index is 4.51. The zero-order valence-corrected chi connectivity index (χ0v) is 12.1. The number of aryl methyl sites for hydroxylation is 1. The molecule has 2 aromatic rings. The van der Waals surface area contributed by atoms with Crippen LogP contribution in [0.2, 0.25) is 0 Å². The van der Waals surface area contributed by atoms with Crippen molar-refractivity contribution in [2.45, 2.75) is 26.8 Å². The lowest BCUT2D eigenvalue weighted by Gasteiger charge is -2.10. The second-order valence-electron chi connectivity index (χ2n) is 4.95. The van der Waals surface area contributed by atoms with E-state index < -0.39 is 0 Å². The zero-order valence-electron chi connectivity index (χ0n) is 12.1. The average Bonchev–Trinajstić information content (AvgIpc) is 2.76. The van der Waals surface area contributed by atoms with Crippen LogP contribution in [0.1, 0.15) is 19.2 Å². The number of likely N-dealkylation sites (N-methyl/N-ethyl adjacent to an activating group) is 1. The molecule has 2 heterocycles. The lowest BCUT2D eigenvalue weighted by Crippen LogP contribution is -2.19. The van der Waals surface area contributed by atoms with Crippen molar-refractivity contribution in [3.63, 3.8) is 0 Å². The monoisotopic (exact) mass is 262 g/mol. The Morgan fingerprint density at radius 3 is 2.79 bits per heavy atom. The molecule has 6 heteroatoms. The van der Waals surface area contributed by atoms with Crippen molar-refractivity contribution in [3.05, 3.63) is 12.0 Å². The Balaban J connectivity index is 2.33. The van der Waals surface area contributed by atoms with E-state index in [1.807, 2.05) is 17.8 Å². The summed E-state index contributed by atoms with van der Waals surface area (Å²) in [6.07, 6.45) is 2.92. The van der Waals surface area contributed by atoms with Crippen LogP contribution in [0.4, 0.5) is 5.82 Å². The molecule has 0 saturated heterocycles. The van der Waals surface area contributed by atoms with Crippen LogP contribution in [0, 0.1) is 6.92 Å². The summed E-state index contributed by atoms with van der Waals surface area (Å²) in [6.45, 7) is 6.74. The van der Waals surface area contributed by atoms with Gasteiger partial charge in [0.25, 0.3) is 0 Å². The zero-order chi connectivity index (χ0) is 13.8. The molecule has 6 nitrogen and oxygen atoms in total. The van der Waals surface area contributed by atoms with Crippen molar-refractivity contribution in [2.24, 2.45) is 0 Å². The van der Waals surface area contributed by atoms with Gasteiger partial charge in [0, 0.05) is 13.1 Å². The fourth-order valence-corrected chi connectivity index (χ4v) is 1.90. The highest BCUT2D eigenvalue weighted by Crippen LogP contribution is 2.19. The Morgan fingerprint density at radius 1 is 1.32 bits per heavy atom. The number of rotatable bonds is 6. The lowest BCUT2D eigenvalue weighted by atomic mass is 10.3. The van der Waals surface area contributed by atoms with Crippen LogP contribution in [0.3, 0.4) is 0 Å². The molecule has 0 aliphatic rings. The number of nitrogens with zero attached hydrogens (tertiary/aromatic N) is 5. The first kappa shape index (κ1) is 13.7. The summed E-state index contributed by atoms with van der Waals surface area (Å²) >= 11 is 0. The first-order chi connectivity index (χ1) is 9.11. The van der Waals surface area contributed by atoms with Gasteiger partial charge in [-0.05, 0) is 27.4 Å². The van der Waals surface area contributed by atoms with Crippen LogP contribution in [-0.4, -0.2) is 51.8 Å². The Hall–Kier alpha value is -1.69. The number of nitrogens with one attached hydrogen (secondary N) is 1. The summed E-state index contributed by atoms with van der Waals surface area (Å²) in [5.41, 5.74) is 0.910. The first-order valence-corrected chi connectivity index (χ1v) is 6.70. The number of fused-ring (bicyclic) bond motifs is 1. The van der Waals surface area contributed by atoms with E-state index in [-0.39, 0.29) is 0 Å². The third-order valence-electron chi connectivity index (χ3n) is 2.91. The molecule has 0 aromatic carbocycles. The molecule has 0 spiro atoms. The topological polar surface area (TPSA) is 58.9 Å². The highest BCUT2D eigenvalue weighted by Gasteiger charge is 2.11. The molecule has 0 saturated carbocycles. The number of hydrogen-bond acceptors (Lipinski definition) is 5. The van der Waals surface area contributed by atoms with Crippen molar-refractivity contribution in [1.82, 2.24) is 24.6 Å². The van der Waals surface area contributed by atoms with Gasteiger partial charge in [-0.25, -0.2) is 14.6 Å². The van der Waals surface area contributed by atoms with Crippen LogP contribution in [0.25, 0.3) is 11.0 Å². The molecule has 0 atom stereocenters. The van der Waals surface area contributed by atoms with Gasteiger partial charge in [0.05, 0.1) is 18.1 Å². The van der Waals surface area contributed by atoms with E-state index in [1.54, 1.807) is 0 Å². The smallest absolute Gasteiger partial charge is 0.163 e. The molecular formula is C13H22N6. The van der Waals surface area contributed by atoms with Gasteiger partial charge >= 0.3 is 0 Å². The van der Waals surface area contributed by atoms with Crippen molar-refractivity contribution in [1.29, 1.82) is 0 Å². The quantitative estimate of drug-likeness (QED) is 0.855. The second kappa shape index (κ2) is 5.97. The molecular weight excluding hydrogens is 240 g/mol. The number of anilines is 1. The Kier molecular flexibility index (Phi) is 4.31. The van der Waals surface area contributed by atoms with Gasteiger partial charge in [-0.15, -0.1) is 0 Å². The average molecular weight is 262 g/mol. The molecule has 2 rings (SSSR count). The summed E-state index contributed by atoms with van der Waals surface area (Å²) in [6, 6.07) is 0. The number of hydrogen-bond donors (Lipinski definition) is 1. The van der Waals surface area contributed by atoms with Crippen LogP contribution in [-0.2, 0) is 6.54 Å². The standard InChI is InChI=1S/C13H22N6/c1-5-6-14-12-11-9-15-19(8-7-18(3)4)13(11)17-10(2)16-12/h9H,5-8H2,1-4H3,(H,14,16,17). The summed E-state index contributed by atoms with van der Waals surface area (Å²) in [4.78, 5) is 11.1. The van der Waals surface area contributed by atoms with E-state index >= 15 is 0 Å². The van der Waals surface area contributed by atoms with E-state index in [2.05, 4.69) is 46.3 Å². The summed E-state index contributed by atoms with van der Waals surface area (Å²) < 4.78 is 1.95. The van der Waals surface area contributed by atoms with E-state index in [0.717, 1.165) is 48.7 Å². The van der Waals surface area contributed by atoms with Gasteiger partial charge in [0.1, 0.15) is 11.6 Å². The van der Waals surface area contributed by atoms with Gasteiger partial charge in [-0.2, -0.15) is 5.10 Å². The minimum absolute atomic E-state index is 0.776. The predicted molar refractivity (Wildman–Crippen MR) is 77.4 cm³/mol. The summed E-state index contributed by atoms with van der Waals surface area (Å²) in [5, 5.41) is 8.76. The maximum absolute atomic E-state index is 4.51. The molecule has 0 unspecified atom stereocenters. The van der Waals surface area contributed by atoms with Crippen LogP contribution < -0.4 is 5.32 Å². The van der Waals surface area contributed by atoms with E-state index in [9.17, 15) is 0 Å². The normalized spacial score (nSPS) is 11.4. The Bertz CT molecular complexity index is 545. The van der Waals surface area contributed by atoms with Crippen molar-refractivity contribution >= 4 is 16.9 Å². The second-order valence-corrected chi connectivity index (χ2v) is 4.95. The minimum Gasteiger partial charge on any atom is -0.369 e. The summed E-state index contributed by atoms with van der Waals surface area (Å²) in [7, 11) is 4.11. The fraction of sp³-hybridized carbons (Fsp3) is 0.615.